The van der Waals surface area contributed by atoms with E-state index in [2.05, 4.69) is 35.3 Å². The third kappa shape index (κ3) is 2.80. The first kappa shape index (κ1) is 16.0. The molecule has 0 aliphatic heterocycles. The summed E-state index contributed by atoms with van der Waals surface area (Å²) in [4.78, 5) is 4.60. The predicted molar refractivity (Wildman–Crippen MR) is 108 cm³/mol. The Labute approximate surface area is 156 Å². The molecule has 1 aliphatic rings. The maximum atomic E-state index is 14.1. The molecule has 0 spiro atoms. The number of pyridine rings is 1. The van der Waals surface area contributed by atoms with Crippen LogP contribution in [-0.2, 0) is 6.42 Å². The Kier molecular flexibility index (Phi) is 3.97. The zero-order chi connectivity index (χ0) is 17.5. The van der Waals surface area contributed by atoms with Crippen LogP contribution in [0.25, 0.3) is 31.4 Å². The van der Waals surface area contributed by atoms with Gasteiger partial charge in [0.05, 0.1) is 10.4 Å². The smallest absolute Gasteiger partial charge is 0.141 e. The molecule has 5 rings (SSSR count). The molecule has 26 heavy (non-hydrogen) atoms. The topological polar surface area (TPSA) is 12.9 Å². The molecule has 0 bridgehead atoms. The highest BCUT2D eigenvalue weighted by Gasteiger charge is 2.16. The fourth-order valence-electron chi connectivity index (χ4n) is 4.23. The molecule has 1 fully saturated rings. The molecular formula is C23H20FNS. The molecule has 4 aromatic rings. The Balaban J connectivity index is 1.56. The zero-order valence-corrected chi connectivity index (χ0v) is 15.4. The summed E-state index contributed by atoms with van der Waals surface area (Å²) in [6.07, 6.45) is 8.55. The van der Waals surface area contributed by atoms with Crippen molar-refractivity contribution in [2.45, 2.75) is 32.1 Å². The zero-order valence-electron chi connectivity index (χ0n) is 14.5. The Bertz CT molecular complexity index is 1090. The minimum absolute atomic E-state index is 0.137. The van der Waals surface area contributed by atoms with Crippen molar-refractivity contribution in [2.24, 2.45) is 5.92 Å². The molecule has 0 atom stereocenters. The van der Waals surface area contributed by atoms with Crippen molar-refractivity contribution in [3.05, 3.63) is 66.1 Å². The lowest BCUT2D eigenvalue weighted by Crippen LogP contribution is -1.99. The summed E-state index contributed by atoms with van der Waals surface area (Å²) in [5.74, 6) is 0.693. The summed E-state index contributed by atoms with van der Waals surface area (Å²) in [5, 5.41) is 2.11. The molecule has 2 aromatic carbocycles. The van der Waals surface area contributed by atoms with E-state index in [0.29, 0.717) is 0 Å². The average Bonchev–Trinajstić information content (AvgIpc) is 3.30. The van der Waals surface area contributed by atoms with Gasteiger partial charge in [-0.25, -0.2) is 4.39 Å². The molecule has 0 radical (unpaired) electrons. The van der Waals surface area contributed by atoms with E-state index in [1.807, 2.05) is 12.3 Å². The Morgan fingerprint density at radius 3 is 2.77 bits per heavy atom. The van der Waals surface area contributed by atoms with E-state index in [1.165, 1.54) is 48.6 Å². The summed E-state index contributed by atoms with van der Waals surface area (Å²) in [6, 6.07) is 16.1. The van der Waals surface area contributed by atoms with Crippen LogP contribution in [0.5, 0.6) is 0 Å². The second-order valence-corrected chi connectivity index (χ2v) is 8.39. The molecule has 0 amide bonds. The largest absolute Gasteiger partial charge is 0.256 e. The van der Waals surface area contributed by atoms with Gasteiger partial charge in [-0.15, -0.1) is 11.3 Å². The number of rotatable bonds is 3. The van der Waals surface area contributed by atoms with Crippen LogP contribution in [0, 0.1) is 11.7 Å². The maximum absolute atomic E-state index is 14.1. The van der Waals surface area contributed by atoms with Gasteiger partial charge in [0.2, 0.25) is 0 Å². The van der Waals surface area contributed by atoms with Crippen molar-refractivity contribution in [3.8, 4) is 11.3 Å². The Morgan fingerprint density at radius 2 is 1.88 bits per heavy atom. The number of benzene rings is 2. The standard InChI is InChI=1S/C23H20FNS/c24-20-7-3-6-18-19-14-17(8-9-22(19)26-23(18)20)21-13-16(10-11-25-21)12-15-4-1-2-5-15/h3,6-11,13-15H,1-2,4-5,12H2. The number of nitrogens with zero attached hydrogens (tertiary/aromatic N) is 1. The van der Waals surface area contributed by atoms with Crippen LogP contribution in [0.15, 0.2) is 54.7 Å². The van der Waals surface area contributed by atoms with Gasteiger partial charge in [-0.1, -0.05) is 43.9 Å². The van der Waals surface area contributed by atoms with Gasteiger partial charge in [0, 0.05) is 27.2 Å². The number of fused-ring (bicyclic) bond motifs is 3. The number of hydrogen-bond acceptors (Lipinski definition) is 2. The van der Waals surface area contributed by atoms with Crippen molar-refractivity contribution < 1.29 is 4.39 Å². The lowest BCUT2D eigenvalue weighted by atomic mass is 9.97. The van der Waals surface area contributed by atoms with E-state index in [1.54, 1.807) is 6.07 Å². The van der Waals surface area contributed by atoms with Crippen molar-refractivity contribution in [1.82, 2.24) is 4.98 Å². The summed E-state index contributed by atoms with van der Waals surface area (Å²) in [6.45, 7) is 0. The number of hydrogen-bond donors (Lipinski definition) is 0. The minimum atomic E-state index is -0.137. The average molecular weight is 361 g/mol. The maximum Gasteiger partial charge on any atom is 0.141 e. The van der Waals surface area contributed by atoms with Crippen LogP contribution in [-0.4, -0.2) is 4.98 Å². The highest BCUT2D eigenvalue weighted by Crippen LogP contribution is 2.37. The third-order valence-corrected chi connectivity index (χ3v) is 6.76. The normalized spacial score (nSPS) is 15.3. The third-order valence-electron chi connectivity index (χ3n) is 5.57. The van der Waals surface area contributed by atoms with Crippen molar-refractivity contribution in [3.63, 3.8) is 0 Å². The van der Waals surface area contributed by atoms with Gasteiger partial charge in [0.1, 0.15) is 5.82 Å². The molecule has 0 N–H and O–H groups in total. The lowest BCUT2D eigenvalue weighted by Gasteiger charge is -2.10. The fraction of sp³-hybridized carbons (Fsp3) is 0.261. The summed E-state index contributed by atoms with van der Waals surface area (Å²) in [7, 11) is 0. The molecule has 0 unspecified atom stereocenters. The SMILES string of the molecule is Fc1cccc2c1sc1ccc(-c3cc(CC4CCCC4)ccn3)cc12. The molecule has 0 saturated heterocycles. The van der Waals surface area contributed by atoms with Crippen LogP contribution in [0.3, 0.4) is 0 Å². The molecule has 130 valence electrons. The second kappa shape index (κ2) is 6.48. The summed E-state index contributed by atoms with van der Waals surface area (Å²) in [5.41, 5.74) is 3.50. The number of aromatic nitrogens is 1. The van der Waals surface area contributed by atoms with Gasteiger partial charge in [-0.05, 0) is 48.2 Å². The van der Waals surface area contributed by atoms with Crippen LogP contribution in [0.4, 0.5) is 4.39 Å². The summed E-state index contributed by atoms with van der Waals surface area (Å²) < 4.78 is 16.0. The monoisotopic (exact) mass is 361 g/mol. The minimum Gasteiger partial charge on any atom is -0.256 e. The molecule has 2 aromatic heterocycles. The van der Waals surface area contributed by atoms with E-state index in [4.69, 9.17) is 0 Å². The number of halogens is 1. The van der Waals surface area contributed by atoms with Gasteiger partial charge in [-0.2, -0.15) is 0 Å². The van der Waals surface area contributed by atoms with Crippen molar-refractivity contribution in [1.29, 1.82) is 0 Å². The van der Waals surface area contributed by atoms with Crippen LogP contribution >= 0.6 is 11.3 Å². The molecule has 1 nitrogen and oxygen atoms in total. The summed E-state index contributed by atoms with van der Waals surface area (Å²) >= 11 is 1.52. The van der Waals surface area contributed by atoms with Gasteiger partial charge >= 0.3 is 0 Å². The first-order valence-corrected chi connectivity index (χ1v) is 10.2. The van der Waals surface area contributed by atoms with Crippen molar-refractivity contribution in [2.75, 3.05) is 0 Å². The Hall–Kier alpha value is -2.26. The lowest BCUT2D eigenvalue weighted by molar-refractivity contribution is 0.546. The second-order valence-electron chi connectivity index (χ2n) is 7.33. The van der Waals surface area contributed by atoms with E-state index in [-0.39, 0.29) is 5.82 Å². The van der Waals surface area contributed by atoms with Gasteiger partial charge < -0.3 is 0 Å². The Morgan fingerprint density at radius 1 is 1.00 bits per heavy atom. The van der Waals surface area contributed by atoms with E-state index < -0.39 is 0 Å². The molecule has 1 aliphatic carbocycles. The van der Waals surface area contributed by atoms with E-state index in [9.17, 15) is 4.39 Å². The molecular weight excluding hydrogens is 341 g/mol. The van der Waals surface area contributed by atoms with Gasteiger partial charge in [0.25, 0.3) is 0 Å². The predicted octanol–water partition coefficient (Wildman–Crippen LogP) is 6.99. The fourth-order valence-corrected chi connectivity index (χ4v) is 5.32. The highest BCUT2D eigenvalue weighted by atomic mass is 32.1. The van der Waals surface area contributed by atoms with Crippen molar-refractivity contribution >= 4 is 31.5 Å². The number of thiophene rings is 1. The van der Waals surface area contributed by atoms with Gasteiger partial charge in [0.15, 0.2) is 0 Å². The molecule has 3 heteroatoms. The highest BCUT2D eigenvalue weighted by molar-refractivity contribution is 7.25. The van der Waals surface area contributed by atoms with E-state index >= 15 is 0 Å². The van der Waals surface area contributed by atoms with Crippen LogP contribution in [0.2, 0.25) is 0 Å². The quantitative estimate of drug-likeness (QED) is 0.383. The van der Waals surface area contributed by atoms with Gasteiger partial charge in [-0.3, -0.25) is 4.98 Å². The van der Waals surface area contributed by atoms with E-state index in [0.717, 1.165) is 43.8 Å². The van der Waals surface area contributed by atoms with Crippen LogP contribution in [0.1, 0.15) is 31.2 Å². The first-order chi connectivity index (χ1) is 12.8. The molecule has 2 heterocycles. The van der Waals surface area contributed by atoms with Crippen LogP contribution < -0.4 is 0 Å². The molecule has 1 saturated carbocycles. The first-order valence-electron chi connectivity index (χ1n) is 9.34.